The molecule has 0 unspecified atom stereocenters. The molecule has 22 heavy (non-hydrogen) atoms. The quantitative estimate of drug-likeness (QED) is 0.741. The second-order valence-corrected chi connectivity index (χ2v) is 5.91. The molecule has 4 heteroatoms. The number of rotatable bonds is 6. The molecule has 2 rings (SSSR count). The summed E-state index contributed by atoms with van der Waals surface area (Å²) in [5.41, 5.74) is 1.90. The van der Waals surface area contributed by atoms with Crippen LogP contribution in [0.2, 0.25) is 0 Å². The Morgan fingerprint density at radius 3 is 2.14 bits per heavy atom. The van der Waals surface area contributed by atoms with Gasteiger partial charge >= 0.3 is 0 Å². The van der Waals surface area contributed by atoms with Gasteiger partial charge in [0.25, 0.3) is 0 Å². The molecule has 0 heterocycles. The van der Waals surface area contributed by atoms with Gasteiger partial charge in [-0.25, -0.2) is 0 Å². The minimum atomic E-state index is 0.569. The largest absolute Gasteiger partial charge is 0.494 e. The Morgan fingerprint density at radius 2 is 1.55 bits per heavy atom. The molecule has 0 saturated carbocycles. The van der Waals surface area contributed by atoms with E-state index in [9.17, 15) is 0 Å². The maximum atomic E-state index is 5.70. The Kier molecular flexibility index (Phi) is 6.22. The maximum absolute atomic E-state index is 5.70. The van der Waals surface area contributed by atoms with Gasteiger partial charge in [0.2, 0.25) is 0 Å². The van der Waals surface area contributed by atoms with Gasteiger partial charge in [-0.3, -0.25) is 0 Å². The Labute approximate surface area is 137 Å². The number of nitrogens with one attached hydrogen (secondary N) is 2. The van der Waals surface area contributed by atoms with Gasteiger partial charge in [-0.05, 0) is 61.0 Å². The van der Waals surface area contributed by atoms with Crippen molar-refractivity contribution in [2.75, 3.05) is 17.2 Å². The van der Waals surface area contributed by atoms with Crippen molar-refractivity contribution in [2.24, 2.45) is 5.92 Å². The van der Waals surface area contributed by atoms with Crippen LogP contribution in [0.25, 0.3) is 0 Å². The third-order valence-electron chi connectivity index (χ3n) is 3.11. The van der Waals surface area contributed by atoms with Crippen LogP contribution in [0.15, 0.2) is 54.6 Å². The van der Waals surface area contributed by atoms with E-state index in [1.165, 1.54) is 0 Å². The summed E-state index contributed by atoms with van der Waals surface area (Å²) in [4.78, 5) is 0. The average Bonchev–Trinajstić information content (AvgIpc) is 2.49. The van der Waals surface area contributed by atoms with E-state index in [2.05, 4.69) is 24.5 Å². The van der Waals surface area contributed by atoms with Gasteiger partial charge in [0.05, 0.1) is 6.61 Å². The molecule has 0 aliphatic carbocycles. The third kappa shape index (κ3) is 5.74. The lowest BCUT2D eigenvalue weighted by Crippen LogP contribution is -2.18. The zero-order valence-corrected chi connectivity index (χ0v) is 13.8. The summed E-state index contributed by atoms with van der Waals surface area (Å²) < 4.78 is 5.70. The first-order valence-corrected chi connectivity index (χ1v) is 7.90. The molecule has 0 radical (unpaired) electrons. The second kappa shape index (κ2) is 8.39. The minimum Gasteiger partial charge on any atom is -0.494 e. The summed E-state index contributed by atoms with van der Waals surface area (Å²) in [6.45, 7) is 5.13. The molecule has 0 aromatic heterocycles. The Morgan fingerprint density at radius 1 is 0.955 bits per heavy atom. The predicted octanol–water partition coefficient (Wildman–Crippen LogP) is 4.92. The van der Waals surface area contributed by atoms with Crippen LogP contribution in [-0.4, -0.2) is 11.7 Å². The molecule has 3 nitrogen and oxygen atoms in total. The van der Waals surface area contributed by atoms with Crippen LogP contribution in [0.1, 0.15) is 20.3 Å². The monoisotopic (exact) mass is 314 g/mol. The van der Waals surface area contributed by atoms with Gasteiger partial charge < -0.3 is 15.4 Å². The molecule has 0 saturated heterocycles. The third-order valence-corrected chi connectivity index (χ3v) is 3.31. The lowest BCUT2D eigenvalue weighted by molar-refractivity contribution is 0.289. The first-order chi connectivity index (χ1) is 10.6. The number of para-hydroxylation sites is 1. The number of ether oxygens (including phenoxy) is 1. The predicted molar refractivity (Wildman–Crippen MR) is 97.7 cm³/mol. The molecule has 0 amide bonds. The number of hydrogen-bond acceptors (Lipinski definition) is 2. The summed E-state index contributed by atoms with van der Waals surface area (Å²) >= 11 is 5.30. The van der Waals surface area contributed by atoms with Crippen molar-refractivity contribution in [3.63, 3.8) is 0 Å². The van der Waals surface area contributed by atoms with Gasteiger partial charge in [0.15, 0.2) is 5.11 Å². The lowest BCUT2D eigenvalue weighted by Gasteiger charge is -2.12. The zero-order chi connectivity index (χ0) is 15.8. The van der Waals surface area contributed by atoms with Crippen LogP contribution in [0, 0.1) is 5.92 Å². The standard InChI is InChI=1S/C18H22N2OS/c1-14(2)12-13-21-17-10-8-16(9-11-17)20-18(22)19-15-6-4-3-5-7-15/h3-11,14H,12-13H2,1-2H3,(H2,19,20,22). The molecule has 2 aromatic carbocycles. The van der Waals surface area contributed by atoms with E-state index in [0.717, 1.165) is 30.2 Å². The molecular weight excluding hydrogens is 292 g/mol. The smallest absolute Gasteiger partial charge is 0.175 e. The molecule has 0 aliphatic rings. The molecule has 0 spiro atoms. The summed E-state index contributed by atoms with van der Waals surface area (Å²) in [6, 6.07) is 17.7. The van der Waals surface area contributed by atoms with Crippen LogP contribution in [0.4, 0.5) is 11.4 Å². The van der Waals surface area contributed by atoms with Gasteiger partial charge in [0.1, 0.15) is 5.75 Å². The van der Waals surface area contributed by atoms with Crippen LogP contribution >= 0.6 is 12.2 Å². The van der Waals surface area contributed by atoms with Crippen molar-refractivity contribution < 1.29 is 4.74 Å². The highest BCUT2D eigenvalue weighted by molar-refractivity contribution is 7.80. The molecule has 2 aromatic rings. The Hall–Kier alpha value is -2.07. The summed E-state index contributed by atoms with van der Waals surface area (Å²) in [5, 5.41) is 6.87. The number of hydrogen-bond donors (Lipinski definition) is 2. The Balaban J connectivity index is 1.82. The van der Waals surface area contributed by atoms with Gasteiger partial charge in [-0.1, -0.05) is 32.0 Å². The van der Waals surface area contributed by atoms with E-state index in [4.69, 9.17) is 17.0 Å². The molecule has 0 fully saturated rings. The van der Waals surface area contributed by atoms with Gasteiger partial charge in [0, 0.05) is 11.4 Å². The van der Waals surface area contributed by atoms with Crippen molar-refractivity contribution in [1.29, 1.82) is 0 Å². The molecule has 0 aliphatic heterocycles. The van der Waals surface area contributed by atoms with E-state index in [-0.39, 0.29) is 0 Å². The summed E-state index contributed by atoms with van der Waals surface area (Å²) in [5.74, 6) is 1.54. The minimum absolute atomic E-state index is 0.569. The van der Waals surface area contributed by atoms with E-state index >= 15 is 0 Å². The van der Waals surface area contributed by atoms with Crippen molar-refractivity contribution in [3.05, 3.63) is 54.6 Å². The average molecular weight is 314 g/mol. The van der Waals surface area contributed by atoms with Crippen LogP contribution in [0.5, 0.6) is 5.75 Å². The summed E-state index contributed by atoms with van der Waals surface area (Å²) in [6.07, 6.45) is 1.06. The fourth-order valence-electron chi connectivity index (χ4n) is 1.86. The lowest BCUT2D eigenvalue weighted by atomic mass is 10.1. The van der Waals surface area contributed by atoms with E-state index in [1.807, 2.05) is 54.6 Å². The molecule has 116 valence electrons. The SMILES string of the molecule is CC(C)CCOc1ccc(NC(=S)Nc2ccccc2)cc1. The fraction of sp³-hybridized carbons (Fsp3) is 0.278. The van der Waals surface area contributed by atoms with Gasteiger partial charge in [-0.2, -0.15) is 0 Å². The highest BCUT2D eigenvalue weighted by atomic mass is 32.1. The number of thiocarbonyl (C=S) groups is 1. The zero-order valence-electron chi connectivity index (χ0n) is 13.0. The fourth-order valence-corrected chi connectivity index (χ4v) is 2.10. The van der Waals surface area contributed by atoms with Crippen molar-refractivity contribution in [2.45, 2.75) is 20.3 Å². The van der Waals surface area contributed by atoms with E-state index in [1.54, 1.807) is 0 Å². The second-order valence-electron chi connectivity index (χ2n) is 5.50. The highest BCUT2D eigenvalue weighted by Crippen LogP contribution is 2.17. The van der Waals surface area contributed by atoms with E-state index < -0.39 is 0 Å². The van der Waals surface area contributed by atoms with Crippen molar-refractivity contribution >= 4 is 28.7 Å². The van der Waals surface area contributed by atoms with Crippen LogP contribution in [0.3, 0.4) is 0 Å². The van der Waals surface area contributed by atoms with Crippen LogP contribution < -0.4 is 15.4 Å². The number of benzene rings is 2. The highest BCUT2D eigenvalue weighted by Gasteiger charge is 2.00. The van der Waals surface area contributed by atoms with Crippen LogP contribution in [-0.2, 0) is 0 Å². The first-order valence-electron chi connectivity index (χ1n) is 7.49. The normalized spacial score (nSPS) is 10.3. The van der Waals surface area contributed by atoms with Crippen molar-refractivity contribution in [1.82, 2.24) is 0 Å². The van der Waals surface area contributed by atoms with E-state index in [0.29, 0.717) is 11.0 Å². The van der Waals surface area contributed by atoms with Crippen molar-refractivity contribution in [3.8, 4) is 5.75 Å². The molecule has 0 atom stereocenters. The first kappa shape index (κ1) is 16.3. The van der Waals surface area contributed by atoms with Gasteiger partial charge in [-0.15, -0.1) is 0 Å². The molecular formula is C18H22N2OS. The Bertz CT molecular complexity index is 582. The maximum Gasteiger partial charge on any atom is 0.175 e. The number of anilines is 2. The summed E-state index contributed by atoms with van der Waals surface area (Å²) in [7, 11) is 0. The molecule has 0 bridgehead atoms. The topological polar surface area (TPSA) is 33.3 Å². The molecule has 2 N–H and O–H groups in total.